The SMILES string of the molecule is CCN(CCCO)S(=O)(=O)c1cc(N)ccc1C. The summed E-state index contributed by atoms with van der Waals surface area (Å²) >= 11 is 0. The molecule has 0 aliphatic heterocycles. The molecule has 0 aliphatic carbocycles. The Hall–Kier alpha value is -1.11. The van der Waals surface area contributed by atoms with Crippen molar-refractivity contribution in [3.63, 3.8) is 0 Å². The second kappa shape index (κ2) is 6.17. The highest BCUT2D eigenvalue weighted by molar-refractivity contribution is 7.89. The van der Waals surface area contributed by atoms with Gasteiger partial charge in [0, 0.05) is 25.4 Å². The molecule has 0 bridgehead atoms. The summed E-state index contributed by atoms with van der Waals surface area (Å²) in [7, 11) is -3.53. The van der Waals surface area contributed by atoms with Crippen LogP contribution in [0.3, 0.4) is 0 Å². The number of nitrogen functional groups attached to an aromatic ring is 1. The van der Waals surface area contributed by atoms with Gasteiger partial charge in [0.1, 0.15) is 0 Å². The summed E-state index contributed by atoms with van der Waals surface area (Å²) in [5.74, 6) is 0. The van der Waals surface area contributed by atoms with Gasteiger partial charge in [-0.2, -0.15) is 4.31 Å². The van der Waals surface area contributed by atoms with Crippen molar-refractivity contribution in [2.75, 3.05) is 25.4 Å². The van der Waals surface area contributed by atoms with Gasteiger partial charge in [-0.25, -0.2) is 8.42 Å². The normalized spacial score (nSPS) is 12.0. The standard InChI is InChI=1S/C12H20N2O3S/c1-3-14(7-4-8-15)18(16,17)12-9-11(13)6-5-10(12)2/h5-6,9,15H,3-4,7-8,13H2,1-2H3. The van der Waals surface area contributed by atoms with Gasteiger partial charge in [0.15, 0.2) is 0 Å². The smallest absolute Gasteiger partial charge is 0.243 e. The van der Waals surface area contributed by atoms with Crippen LogP contribution >= 0.6 is 0 Å². The van der Waals surface area contributed by atoms with Gasteiger partial charge in [0.25, 0.3) is 0 Å². The number of aryl methyl sites for hydroxylation is 1. The number of aliphatic hydroxyl groups is 1. The first-order chi connectivity index (χ1) is 8.43. The molecule has 0 heterocycles. The number of nitrogens with zero attached hydrogens (tertiary/aromatic N) is 1. The second-order valence-electron chi connectivity index (χ2n) is 4.10. The van der Waals surface area contributed by atoms with Crippen molar-refractivity contribution < 1.29 is 13.5 Å². The lowest BCUT2D eigenvalue weighted by molar-refractivity contribution is 0.271. The molecular formula is C12H20N2O3S. The Bertz CT molecular complexity index is 500. The molecule has 1 rings (SSSR count). The van der Waals surface area contributed by atoms with E-state index in [2.05, 4.69) is 0 Å². The Balaban J connectivity index is 3.14. The van der Waals surface area contributed by atoms with E-state index in [1.54, 1.807) is 26.0 Å². The molecule has 1 aromatic rings. The van der Waals surface area contributed by atoms with E-state index in [-0.39, 0.29) is 11.5 Å². The molecule has 3 N–H and O–H groups in total. The summed E-state index contributed by atoms with van der Waals surface area (Å²) in [6.45, 7) is 4.17. The Labute approximate surface area is 108 Å². The molecule has 1 aromatic carbocycles. The first-order valence-electron chi connectivity index (χ1n) is 5.90. The summed E-state index contributed by atoms with van der Waals surface area (Å²) in [5, 5.41) is 8.80. The lowest BCUT2D eigenvalue weighted by atomic mass is 10.2. The summed E-state index contributed by atoms with van der Waals surface area (Å²) in [5.41, 5.74) is 6.74. The van der Waals surface area contributed by atoms with Gasteiger partial charge in [-0.15, -0.1) is 0 Å². The van der Waals surface area contributed by atoms with Gasteiger partial charge in [-0.1, -0.05) is 13.0 Å². The molecule has 0 radical (unpaired) electrons. The van der Waals surface area contributed by atoms with Crippen molar-refractivity contribution in [2.45, 2.75) is 25.2 Å². The van der Waals surface area contributed by atoms with E-state index in [0.717, 1.165) is 0 Å². The van der Waals surface area contributed by atoms with E-state index >= 15 is 0 Å². The van der Waals surface area contributed by atoms with E-state index in [4.69, 9.17) is 10.8 Å². The maximum absolute atomic E-state index is 12.4. The Morgan fingerprint density at radius 1 is 1.39 bits per heavy atom. The minimum absolute atomic E-state index is 0.0259. The highest BCUT2D eigenvalue weighted by Gasteiger charge is 2.24. The van der Waals surface area contributed by atoms with Gasteiger partial charge in [-0.3, -0.25) is 0 Å². The highest BCUT2D eigenvalue weighted by Crippen LogP contribution is 2.22. The Morgan fingerprint density at radius 3 is 2.61 bits per heavy atom. The van der Waals surface area contributed by atoms with Gasteiger partial charge in [0.2, 0.25) is 10.0 Å². The predicted molar refractivity (Wildman–Crippen MR) is 71.7 cm³/mol. The van der Waals surface area contributed by atoms with Crippen molar-refractivity contribution in [2.24, 2.45) is 0 Å². The molecule has 0 spiro atoms. The second-order valence-corrected chi connectivity index (χ2v) is 6.01. The number of benzene rings is 1. The van der Waals surface area contributed by atoms with Crippen LogP contribution in [0.15, 0.2) is 23.1 Å². The van der Waals surface area contributed by atoms with Crippen LogP contribution in [0, 0.1) is 6.92 Å². The monoisotopic (exact) mass is 272 g/mol. The van der Waals surface area contributed by atoms with Crippen LogP contribution in [0.4, 0.5) is 5.69 Å². The number of sulfonamides is 1. The van der Waals surface area contributed by atoms with Crippen LogP contribution in [0.5, 0.6) is 0 Å². The molecule has 5 nitrogen and oxygen atoms in total. The number of rotatable bonds is 6. The third kappa shape index (κ3) is 3.22. The molecule has 0 saturated heterocycles. The zero-order valence-electron chi connectivity index (χ0n) is 10.8. The average Bonchev–Trinajstić information content (AvgIpc) is 2.33. The quantitative estimate of drug-likeness (QED) is 0.756. The summed E-state index contributed by atoms with van der Waals surface area (Å²) in [6, 6.07) is 4.85. The molecule has 0 saturated carbocycles. The molecule has 6 heteroatoms. The number of anilines is 1. The summed E-state index contributed by atoms with van der Waals surface area (Å²) in [6.07, 6.45) is 0.425. The molecule has 0 atom stereocenters. The van der Waals surface area contributed by atoms with Gasteiger partial charge in [0.05, 0.1) is 4.90 Å². The van der Waals surface area contributed by atoms with E-state index in [0.29, 0.717) is 30.8 Å². The predicted octanol–water partition coefficient (Wildman–Crippen LogP) is 0.970. The highest BCUT2D eigenvalue weighted by atomic mass is 32.2. The van der Waals surface area contributed by atoms with E-state index < -0.39 is 10.0 Å². The van der Waals surface area contributed by atoms with Crippen LogP contribution < -0.4 is 5.73 Å². The fraction of sp³-hybridized carbons (Fsp3) is 0.500. The molecule has 0 aromatic heterocycles. The zero-order chi connectivity index (χ0) is 13.8. The third-order valence-electron chi connectivity index (χ3n) is 2.75. The fourth-order valence-corrected chi connectivity index (χ4v) is 3.48. The van der Waals surface area contributed by atoms with Gasteiger partial charge < -0.3 is 10.8 Å². The Kier molecular flexibility index (Phi) is 5.13. The molecule has 0 fully saturated rings. The Morgan fingerprint density at radius 2 is 2.06 bits per heavy atom. The maximum atomic E-state index is 12.4. The van der Waals surface area contributed by atoms with Crippen LogP contribution in [0.1, 0.15) is 18.9 Å². The van der Waals surface area contributed by atoms with Gasteiger partial charge in [-0.05, 0) is 31.0 Å². The number of hydrogen-bond donors (Lipinski definition) is 2. The van der Waals surface area contributed by atoms with Crippen molar-refractivity contribution in [1.29, 1.82) is 0 Å². The fourth-order valence-electron chi connectivity index (χ4n) is 1.73. The molecular weight excluding hydrogens is 252 g/mol. The number of hydrogen-bond acceptors (Lipinski definition) is 4. The van der Waals surface area contributed by atoms with E-state index in [9.17, 15) is 8.42 Å². The van der Waals surface area contributed by atoms with Crippen LogP contribution in [-0.4, -0.2) is 37.5 Å². The van der Waals surface area contributed by atoms with Crippen LogP contribution in [0.25, 0.3) is 0 Å². The molecule has 0 amide bonds. The largest absolute Gasteiger partial charge is 0.399 e. The van der Waals surface area contributed by atoms with E-state index in [1.807, 2.05) is 0 Å². The molecule has 0 aliphatic rings. The zero-order valence-corrected chi connectivity index (χ0v) is 11.6. The van der Waals surface area contributed by atoms with Crippen molar-refractivity contribution in [1.82, 2.24) is 4.31 Å². The topological polar surface area (TPSA) is 83.6 Å². The summed E-state index contributed by atoms with van der Waals surface area (Å²) in [4.78, 5) is 0.238. The summed E-state index contributed by atoms with van der Waals surface area (Å²) < 4.78 is 26.2. The van der Waals surface area contributed by atoms with E-state index in [1.165, 1.54) is 10.4 Å². The lowest BCUT2D eigenvalue weighted by Crippen LogP contribution is -2.32. The number of nitrogens with two attached hydrogens (primary N) is 1. The average molecular weight is 272 g/mol. The number of aliphatic hydroxyl groups excluding tert-OH is 1. The van der Waals surface area contributed by atoms with Crippen LogP contribution in [-0.2, 0) is 10.0 Å². The molecule has 0 unspecified atom stereocenters. The minimum atomic E-state index is -3.53. The minimum Gasteiger partial charge on any atom is -0.399 e. The van der Waals surface area contributed by atoms with Crippen molar-refractivity contribution in [3.8, 4) is 0 Å². The molecule has 102 valence electrons. The first kappa shape index (κ1) is 14.9. The lowest BCUT2D eigenvalue weighted by Gasteiger charge is -2.21. The third-order valence-corrected chi connectivity index (χ3v) is 4.86. The first-order valence-corrected chi connectivity index (χ1v) is 7.34. The van der Waals surface area contributed by atoms with Crippen molar-refractivity contribution in [3.05, 3.63) is 23.8 Å². The maximum Gasteiger partial charge on any atom is 0.243 e. The van der Waals surface area contributed by atoms with Crippen LogP contribution in [0.2, 0.25) is 0 Å². The van der Waals surface area contributed by atoms with Gasteiger partial charge >= 0.3 is 0 Å². The molecule has 18 heavy (non-hydrogen) atoms. The van der Waals surface area contributed by atoms with Crippen molar-refractivity contribution >= 4 is 15.7 Å².